The van der Waals surface area contributed by atoms with Crippen LogP contribution in [0.5, 0.6) is 5.75 Å². The van der Waals surface area contributed by atoms with Crippen LogP contribution in [0.25, 0.3) is 11.4 Å². The van der Waals surface area contributed by atoms with Crippen LogP contribution in [-0.2, 0) is 4.79 Å². The molecule has 1 aromatic heterocycles. The van der Waals surface area contributed by atoms with Crippen molar-refractivity contribution in [1.82, 2.24) is 14.9 Å². The lowest BCUT2D eigenvalue weighted by atomic mass is 9.87. The number of hydrogen-bond donors (Lipinski definition) is 1. The third-order valence-electron chi connectivity index (χ3n) is 8.07. The normalized spacial score (nSPS) is 13.7. The summed E-state index contributed by atoms with van der Waals surface area (Å²) in [5, 5.41) is 17.2. The Hall–Kier alpha value is -4.89. The van der Waals surface area contributed by atoms with E-state index in [1.165, 1.54) is 0 Å². The zero-order valence-electron chi connectivity index (χ0n) is 28.4. The number of rotatable bonds is 12. The van der Waals surface area contributed by atoms with Crippen LogP contribution in [0.4, 0.5) is 17.1 Å². The van der Waals surface area contributed by atoms with Gasteiger partial charge in [-0.15, -0.1) is 16.6 Å². The second-order valence-corrected chi connectivity index (χ2v) is 12.4. The van der Waals surface area contributed by atoms with Crippen molar-refractivity contribution in [2.45, 2.75) is 81.1 Å². The molecule has 4 rings (SSSR count). The van der Waals surface area contributed by atoms with Gasteiger partial charge in [-0.05, 0) is 81.5 Å². The molecule has 0 radical (unpaired) electrons. The van der Waals surface area contributed by atoms with Gasteiger partial charge < -0.3 is 15.0 Å². The minimum atomic E-state index is -0.340. The Morgan fingerprint density at radius 3 is 2.46 bits per heavy atom. The van der Waals surface area contributed by atoms with Crippen LogP contribution in [0, 0.1) is 42.6 Å². The van der Waals surface area contributed by atoms with Crippen LogP contribution < -0.4 is 15.0 Å². The van der Waals surface area contributed by atoms with Crippen molar-refractivity contribution in [3.8, 4) is 41.5 Å². The molecular weight excluding hydrogens is 574 g/mol. The third-order valence-corrected chi connectivity index (χ3v) is 8.07. The lowest BCUT2D eigenvalue weighted by molar-refractivity contribution is -0.120. The van der Waals surface area contributed by atoms with Gasteiger partial charge in [0.25, 0.3) is 0 Å². The molecule has 1 amide bonds. The number of unbranched alkanes of at least 4 members (excludes halogenated alkanes) is 1. The fourth-order valence-electron chi connectivity index (χ4n) is 5.42. The first-order valence-corrected chi connectivity index (χ1v) is 16.1. The van der Waals surface area contributed by atoms with Gasteiger partial charge in [-0.1, -0.05) is 47.5 Å². The predicted octanol–water partition coefficient (Wildman–Crippen LogP) is 7.61. The zero-order chi connectivity index (χ0) is 33.4. The molecule has 0 fully saturated rings. The maximum atomic E-state index is 13.2. The van der Waals surface area contributed by atoms with E-state index in [2.05, 4.69) is 99.0 Å². The van der Waals surface area contributed by atoms with Gasteiger partial charge >= 0.3 is 0 Å². The van der Waals surface area contributed by atoms with Crippen LogP contribution in [-0.4, -0.2) is 45.3 Å². The third kappa shape index (κ3) is 7.49. The summed E-state index contributed by atoms with van der Waals surface area (Å²) >= 11 is 0. The van der Waals surface area contributed by atoms with Crippen LogP contribution in [0.1, 0.15) is 85.5 Å². The highest BCUT2D eigenvalue weighted by atomic mass is 16.5. The second kappa shape index (κ2) is 14.9. The van der Waals surface area contributed by atoms with Gasteiger partial charge in [-0.2, -0.15) is 9.78 Å². The van der Waals surface area contributed by atoms with E-state index >= 15 is 0 Å². The van der Waals surface area contributed by atoms with Crippen LogP contribution >= 0.6 is 0 Å². The van der Waals surface area contributed by atoms with Crippen molar-refractivity contribution in [3.63, 3.8) is 0 Å². The number of aryl methyl sites for hydroxylation is 1. The molecule has 1 aliphatic rings. The monoisotopic (exact) mass is 619 g/mol. The molecule has 2 aromatic carbocycles. The van der Waals surface area contributed by atoms with Crippen LogP contribution in [0.15, 0.2) is 46.5 Å². The van der Waals surface area contributed by atoms with Gasteiger partial charge in [-0.25, -0.2) is 4.99 Å². The summed E-state index contributed by atoms with van der Waals surface area (Å²) < 4.78 is 7.44. The minimum Gasteiger partial charge on any atom is -0.406 e. The van der Waals surface area contributed by atoms with E-state index in [0.29, 0.717) is 34.4 Å². The molecule has 1 N–H and O–H groups in total. The Bertz CT molecular complexity index is 1740. The van der Waals surface area contributed by atoms with E-state index in [0.717, 1.165) is 61.4 Å². The molecule has 0 saturated carbocycles. The summed E-state index contributed by atoms with van der Waals surface area (Å²) in [6.07, 6.45) is 11.5. The number of aliphatic imine (C=N–C) groups is 1. The average molecular weight is 620 g/mol. The van der Waals surface area contributed by atoms with Crippen molar-refractivity contribution in [2.24, 2.45) is 21.4 Å². The Morgan fingerprint density at radius 2 is 1.83 bits per heavy atom. The highest BCUT2D eigenvalue weighted by molar-refractivity contribution is 6.50. The molecule has 9 nitrogen and oxygen atoms in total. The predicted molar refractivity (Wildman–Crippen MR) is 188 cm³/mol. The maximum Gasteiger partial charge on any atom is 0.227 e. The van der Waals surface area contributed by atoms with Gasteiger partial charge in [0, 0.05) is 41.7 Å². The zero-order valence-corrected chi connectivity index (χ0v) is 28.4. The fourth-order valence-corrected chi connectivity index (χ4v) is 5.42. The van der Waals surface area contributed by atoms with Gasteiger partial charge in [0.2, 0.25) is 11.7 Å². The summed E-state index contributed by atoms with van der Waals surface area (Å²) in [7, 11) is 0. The Balaban J connectivity index is 1.81. The number of fused-ring (bicyclic) bond motifs is 1. The molecule has 9 heteroatoms. The SMILES string of the molecule is C#CC#COc1ccc(NC(=O)C(CC)CCCC)cc1-c1nnc2n1N=C(C(C)(C)C)C2=Nc1ccc(N(CC)CC)cc1C. The van der Waals surface area contributed by atoms with Crippen molar-refractivity contribution >= 4 is 34.4 Å². The molecule has 1 unspecified atom stereocenters. The number of aromatic nitrogens is 3. The van der Waals surface area contributed by atoms with Crippen LogP contribution in [0.2, 0.25) is 0 Å². The Morgan fingerprint density at radius 1 is 1.09 bits per heavy atom. The second-order valence-electron chi connectivity index (χ2n) is 12.4. The van der Waals surface area contributed by atoms with Crippen molar-refractivity contribution < 1.29 is 9.53 Å². The topological polar surface area (TPSA) is 97.0 Å². The highest BCUT2D eigenvalue weighted by Gasteiger charge is 2.36. The molecule has 2 heterocycles. The smallest absolute Gasteiger partial charge is 0.227 e. The minimum absolute atomic E-state index is 0.0148. The Labute approximate surface area is 273 Å². The van der Waals surface area contributed by atoms with E-state index in [-0.39, 0.29) is 17.2 Å². The van der Waals surface area contributed by atoms with Crippen molar-refractivity contribution in [3.05, 3.63) is 47.8 Å². The van der Waals surface area contributed by atoms with Gasteiger partial charge in [0.1, 0.15) is 11.8 Å². The standard InChI is InChI=1S/C37H45N7O2/c1-10-15-17-26(12-3)36(45)38-27-18-21-31(46-22-16-11-2)29(24-27)34-40-41-35-32(33(37(7,8)9)42-44(34)35)39-30-20-19-28(23-25(30)6)43(13-4)14-5/h2,18-21,23-24,26H,10,12-15,17H2,1,3-9H3,(H,38,45). The molecule has 1 atom stereocenters. The summed E-state index contributed by atoms with van der Waals surface area (Å²) in [5.74, 6) is 6.03. The largest absolute Gasteiger partial charge is 0.406 e. The molecule has 0 spiro atoms. The Kier molecular flexibility index (Phi) is 11.0. The number of benzene rings is 2. The number of anilines is 2. The molecule has 0 bridgehead atoms. The number of amides is 1. The lowest BCUT2D eigenvalue weighted by Gasteiger charge is -2.22. The number of terminal acetylenes is 1. The molecular formula is C37H45N7O2. The fraction of sp³-hybridized carbons (Fsp3) is 0.432. The molecule has 0 saturated heterocycles. The van der Waals surface area contributed by atoms with E-state index in [9.17, 15) is 4.79 Å². The van der Waals surface area contributed by atoms with Crippen LogP contribution in [0.3, 0.4) is 0 Å². The van der Waals surface area contributed by atoms with E-state index in [1.54, 1.807) is 16.8 Å². The number of carbonyl (C=O) groups excluding carboxylic acids is 1. The molecule has 1 aliphatic heterocycles. The van der Waals surface area contributed by atoms with Gasteiger partial charge in [0.15, 0.2) is 11.6 Å². The molecule has 0 aliphatic carbocycles. The number of nitrogens with zero attached hydrogens (tertiary/aromatic N) is 6. The number of nitrogens with one attached hydrogen (secondary N) is 1. The van der Waals surface area contributed by atoms with Crippen molar-refractivity contribution in [2.75, 3.05) is 23.3 Å². The first kappa shape index (κ1) is 34.0. The molecule has 240 valence electrons. The summed E-state index contributed by atoms with van der Waals surface area (Å²) in [6, 6.07) is 11.6. The first-order valence-electron chi connectivity index (χ1n) is 16.1. The quantitative estimate of drug-likeness (QED) is 0.211. The first-order chi connectivity index (χ1) is 22.1. The van der Waals surface area contributed by atoms with E-state index in [1.807, 2.05) is 19.1 Å². The number of hydrogen-bond acceptors (Lipinski definition) is 7. The maximum absolute atomic E-state index is 13.2. The van der Waals surface area contributed by atoms with Gasteiger partial charge in [-0.3, -0.25) is 4.79 Å². The summed E-state index contributed by atoms with van der Waals surface area (Å²) in [6.45, 7) is 18.7. The molecule has 3 aromatic rings. The number of carbonyl (C=O) groups is 1. The summed E-state index contributed by atoms with van der Waals surface area (Å²) in [4.78, 5) is 20.6. The van der Waals surface area contributed by atoms with E-state index in [4.69, 9.17) is 21.3 Å². The summed E-state index contributed by atoms with van der Waals surface area (Å²) in [5.41, 5.74) is 5.33. The highest BCUT2D eigenvalue weighted by Crippen LogP contribution is 2.36. The molecule has 46 heavy (non-hydrogen) atoms. The average Bonchev–Trinajstić information content (AvgIpc) is 3.60. The lowest BCUT2D eigenvalue weighted by Crippen LogP contribution is -2.27. The van der Waals surface area contributed by atoms with Crippen molar-refractivity contribution in [1.29, 1.82) is 0 Å². The van der Waals surface area contributed by atoms with Gasteiger partial charge in [0.05, 0.1) is 17.0 Å². The van der Waals surface area contributed by atoms with E-state index < -0.39 is 0 Å². The number of ether oxygens (including phenoxy) is 1.